The van der Waals surface area contributed by atoms with Crippen LogP contribution in [0.5, 0.6) is 0 Å². The van der Waals surface area contributed by atoms with E-state index >= 15 is 0 Å². The summed E-state index contributed by atoms with van der Waals surface area (Å²) in [4.78, 5) is 0. The lowest BCUT2D eigenvalue weighted by atomic mass is 9.90. The van der Waals surface area contributed by atoms with Crippen LogP contribution in [-0.2, 0) is 4.74 Å². The van der Waals surface area contributed by atoms with Crippen LogP contribution in [0.3, 0.4) is 0 Å². The van der Waals surface area contributed by atoms with Gasteiger partial charge in [0, 0.05) is 18.4 Å². The average molecular weight is 220 g/mol. The van der Waals surface area contributed by atoms with Gasteiger partial charge in [-0.15, -0.1) is 0 Å². The van der Waals surface area contributed by atoms with Crippen molar-refractivity contribution in [2.75, 3.05) is 13.2 Å². The van der Waals surface area contributed by atoms with Crippen LogP contribution in [0, 0.1) is 11.8 Å². The van der Waals surface area contributed by atoms with E-state index in [0.29, 0.717) is 0 Å². The van der Waals surface area contributed by atoms with Crippen molar-refractivity contribution in [1.29, 1.82) is 0 Å². The van der Waals surface area contributed by atoms with Crippen molar-refractivity contribution in [3.05, 3.63) is 0 Å². The van der Waals surface area contributed by atoms with Crippen LogP contribution in [0.15, 0.2) is 0 Å². The topological polar surface area (TPSA) is 69.9 Å². The van der Waals surface area contributed by atoms with Crippen LogP contribution in [0.1, 0.15) is 27.7 Å². The van der Waals surface area contributed by atoms with Crippen molar-refractivity contribution < 1.29 is 20.1 Å². The van der Waals surface area contributed by atoms with Crippen LogP contribution >= 0.6 is 0 Å². The Kier molecular flexibility index (Phi) is 7.09. The van der Waals surface area contributed by atoms with Crippen LogP contribution in [-0.4, -0.2) is 46.8 Å². The highest BCUT2D eigenvalue weighted by Gasteiger charge is 2.26. The van der Waals surface area contributed by atoms with E-state index in [4.69, 9.17) is 9.84 Å². The molecule has 92 valence electrons. The van der Waals surface area contributed by atoms with E-state index in [9.17, 15) is 10.2 Å². The van der Waals surface area contributed by atoms with Gasteiger partial charge < -0.3 is 20.1 Å². The molecule has 0 saturated heterocycles. The lowest BCUT2D eigenvalue weighted by molar-refractivity contribution is -0.0636. The van der Waals surface area contributed by atoms with Gasteiger partial charge in [-0.2, -0.15) is 0 Å². The third-order valence-electron chi connectivity index (χ3n) is 2.62. The summed E-state index contributed by atoms with van der Waals surface area (Å²) in [5.74, 6) is -0.528. The number of hydrogen-bond acceptors (Lipinski definition) is 4. The normalized spacial score (nSPS) is 20.0. The summed E-state index contributed by atoms with van der Waals surface area (Å²) < 4.78 is 5.26. The zero-order valence-electron chi connectivity index (χ0n) is 10.1. The fourth-order valence-corrected chi connectivity index (χ4v) is 1.30. The fourth-order valence-electron chi connectivity index (χ4n) is 1.30. The van der Waals surface area contributed by atoms with Crippen LogP contribution in [0.2, 0.25) is 0 Å². The molecule has 4 nitrogen and oxygen atoms in total. The number of hydrogen-bond donors (Lipinski definition) is 3. The second-order valence-electron chi connectivity index (χ2n) is 4.46. The molecule has 0 saturated carbocycles. The predicted octanol–water partition coefficient (Wildman–Crippen LogP) is 0.398. The molecule has 0 aliphatic heterocycles. The molecule has 0 aromatic carbocycles. The molecule has 0 amide bonds. The first-order valence-corrected chi connectivity index (χ1v) is 5.48. The van der Waals surface area contributed by atoms with Crippen molar-refractivity contribution in [2.45, 2.75) is 46.0 Å². The van der Waals surface area contributed by atoms with Gasteiger partial charge in [0.15, 0.2) is 0 Å². The number of rotatable bonds is 7. The average Bonchev–Trinajstić information content (AvgIpc) is 2.22. The Morgan fingerprint density at radius 3 is 2.00 bits per heavy atom. The first kappa shape index (κ1) is 14.8. The number of aliphatic hydroxyl groups is 3. The lowest BCUT2D eigenvalue weighted by Crippen LogP contribution is -2.38. The molecular weight excluding hydrogens is 196 g/mol. The van der Waals surface area contributed by atoms with Crippen molar-refractivity contribution in [2.24, 2.45) is 11.8 Å². The molecule has 0 aliphatic rings. The number of aliphatic hydroxyl groups excluding tert-OH is 3. The maximum atomic E-state index is 9.75. The highest BCUT2D eigenvalue weighted by atomic mass is 16.5. The van der Waals surface area contributed by atoms with Crippen LogP contribution < -0.4 is 0 Å². The second kappa shape index (κ2) is 7.17. The molecule has 15 heavy (non-hydrogen) atoms. The molecule has 0 aliphatic carbocycles. The Morgan fingerprint density at radius 2 is 1.60 bits per heavy atom. The standard InChI is InChI=1S/C11H24O4/c1-7(2)15-6-10(13)9(4)11(14)8(3)5-12/h7-14H,5-6H2,1-4H3. The third-order valence-corrected chi connectivity index (χ3v) is 2.62. The second-order valence-corrected chi connectivity index (χ2v) is 4.46. The molecule has 0 bridgehead atoms. The predicted molar refractivity (Wildman–Crippen MR) is 58.5 cm³/mol. The molecule has 4 unspecified atom stereocenters. The maximum absolute atomic E-state index is 9.75. The molecule has 0 aromatic heterocycles. The monoisotopic (exact) mass is 220 g/mol. The molecule has 4 atom stereocenters. The molecule has 0 aromatic rings. The van der Waals surface area contributed by atoms with E-state index in [1.807, 2.05) is 13.8 Å². The summed E-state index contributed by atoms with van der Waals surface area (Å²) in [7, 11) is 0. The Hall–Kier alpha value is -0.160. The SMILES string of the molecule is CC(C)OCC(O)C(C)C(O)C(C)CO. The van der Waals surface area contributed by atoms with E-state index in [1.54, 1.807) is 13.8 Å². The van der Waals surface area contributed by atoms with Gasteiger partial charge in [-0.25, -0.2) is 0 Å². The number of ether oxygens (including phenoxy) is 1. The van der Waals surface area contributed by atoms with Crippen LogP contribution in [0.25, 0.3) is 0 Å². The minimum atomic E-state index is -0.708. The summed E-state index contributed by atoms with van der Waals surface area (Å²) in [6.07, 6.45) is -1.34. The minimum Gasteiger partial charge on any atom is -0.396 e. The van der Waals surface area contributed by atoms with Crippen molar-refractivity contribution in [3.8, 4) is 0 Å². The lowest BCUT2D eigenvalue weighted by Gasteiger charge is -2.27. The van der Waals surface area contributed by atoms with Crippen LogP contribution in [0.4, 0.5) is 0 Å². The zero-order chi connectivity index (χ0) is 12.0. The van der Waals surface area contributed by atoms with E-state index < -0.39 is 12.2 Å². The van der Waals surface area contributed by atoms with Crippen molar-refractivity contribution >= 4 is 0 Å². The molecule has 0 spiro atoms. The molecule has 0 radical (unpaired) electrons. The zero-order valence-corrected chi connectivity index (χ0v) is 10.1. The molecule has 0 heterocycles. The fraction of sp³-hybridized carbons (Fsp3) is 1.00. The van der Waals surface area contributed by atoms with Gasteiger partial charge in [-0.3, -0.25) is 0 Å². The summed E-state index contributed by atoms with van der Waals surface area (Å²) >= 11 is 0. The minimum absolute atomic E-state index is 0.0688. The van der Waals surface area contributed by atoms with Gasteiger partial charge in [0.05, 0.1) is 24.9 Å². The highest BCUT2D eigenvalue weighted by molar-refractivity contribution is 4.76. The van der Waals surface area contributed by atoms with Crippen molar-refractivity contribution in [1.82, 2.24) is 0 Å². The van der Waals surface area contributed by atoms with E-state index in [0.717, 1.165) is 0 Å². The summed E-state index contributed by atoms with van der Waals surface area (Å²) in [5, 5.41) is 28.3. The molecule has 0 fully saturated rings. The van der Waals surface area contributed by atoms with Gasteiger partial charge in [-0.05, 0) is 13.8 Å². The summed E-state index contributed by atoms with van der Waals surface area (Å²) in [6, 6.07) is 0. The Morgan fingerprint density at radius 1 is 1.07 bits per heavy atom. The van der Waals surface area contributed by atoms with E-state index in [1.165, 1.54) is 0 Å². The molecule has 3 N–H and O–H groups in total. The Labute approximate surface area is 91.9 Å². The van der Waals surface area contributed by atoms with Crippen molar-refractivity contribution in [3.63, 3.8) is 0 Å². The largest absolute Gasteiger partial charge is 0.396 e. The summed E-state index contributed by atoms with van der Waals surface area (Å²) in [5.41, 5.74) is 0. The quantitative estimate of drug-likeness (QED) is 0.581. The van der Waals surface area contributed by atoms with Gasteiger partial charge in [0.2, 0.25) is 0 Å². The first-order valence-electron chi connectivity index (χ1n) is 5.48. The van der Waals surface area contributed by atoms with Gasteiger partial charge in [-0.1, -0.05) is 13.8 Å². The van der Waals surface area contributed by atoms with Gasteiger partial charge in [0.25, 0.3) is 0 Å². The van der Waals surface area contributed by atoms with E-state index in [-0.39, 0.29) is 31.2 Å². The first-order chi connectivity index (χ1) is 6.90. The molecule has 4 heteroatoms. The van der Waals surface area contributed by atoms with Gasteiger partial charge >= 0.3 is 0 Å². The molecular formula is C11H24O4. The Bertz CT molecular complexity index is 161. The maximum Gasteiger partial charge on any atom is 0.0823 e. The van der Waals surface area contributed by atoms with E-state index in [2.05, 4.69) is 0 Å². The summed E-state index contributed by atoms with van der Waals surface area (Å²) in [6.45, 7) is 7.42. The highest BCUT2D eigenvalue weighted by Crippen LogP contribution is 2.16. The Balaban J connectivity index is 4.01. The molecule has 0 rings (SSSR count). The van der Waals surface area contributed by atoms with Gasteiger partial charge in [0.1, 0.15) is 0 Å². The smallest absolute Gasteiger partial charge is 0.0823 e. The third kappa shape index (κ3) is 5.47.